The molecule has 1 N–H and O–H groups in total. The van der Waals surface area contributed by atoms with Crippen LogP contribution in [0.2, 0.25) is 0 Å². The monoisotopic (exact) mass is 273 g/mol. The van der Waals surface area contributed by atoms with Crippen molar-refractivity contribution in [2.45, 2.75) is 44.4 Å². The van der Waals surface area contributed by atoms with Crippen molar-refractivity contribution in [3.05, 3.63) is 24.5 Å². The lowest BCUT2D eigenvalue weighted by Gasteiger charge is -2.33. The molecule has 0 spiro atoms. The summed E-state index contributed by atoms with van der Waals surface area (Å²) >= 11 is 0. The number of hydrogen-bond donors (Lipinski definition) is 1. The summed E-state index contributed by atoms with van der Waals surface area (Å²) in [7, 11) is 0. The Kier molecular flexibility index (Phi) is 4.29. The molecule has 19 heavy (non-hydrogen) atoms. The molecule has 1 aliphatic carbocycles. The minimum atomic E-state index is -4.11. The van der Waals surface area contributed by atoms with Gasteiger partial charge in [-0.1, -0.05) is 19.4 Å². The topological polar surface area (TPSA) is 29.9 Å². The Morgan fingerprint density at radius 1 is 1.42 bits per heavy atom. The molecule has 1 saturated carbocycles. The SMILES string of the molecule is C=Cn1cc(CNC2CCCCC2C(F)(F)F)cn1. The van der Waals surface area contributed by atoms with Crippen LogP contribution in [0.3, 0.4) is 0 Å². The molecule has 2 unspecified atom stereocenters. The first-order valence-corrected chi connectivity index (χ1v) is 6.46. The third-order valence-corrected chi connectivity index (χ3v) is 3.60. The molecule has 0 saturated heterocycles. The van der Waals surface area contributed by atoms with E-state index in [0.717, 1.165) is 12.0 Å². The zero-order chi connectivity index (χ0) is 13.9. The average Bonchev–Trinajstić information content (AvgIpc) is 2.83. The van der Waals surface area contributed by atoms with E-state index < -0.39 is 18.1 Å². The quantitative estimate of drug-likeness (QED) is 0.913. The smallest absolute Gasteiger partial charge is 0.309 e. The minimum absolute atomic E-state index is 0.229. The van der Waals surface area contributed by atoms with Crippen LogP contribution in [-0.4, -0.2) is 22.0 Å². The maximum absolute atomic E-state index is 12.9. The molecule has 0 radical (unpaired) electrons. The van der Waals surface area contributed by atoms with Crippen molar-refractivity contribution in [1.29, 1.82) is 0 Å². The molecule has 6 heteroatoms. The lowest BCUT2D eigenvalue weighted by atomic mass is 9.84. The Bertz CT molecular complexity index is 425. The van der Waals surface area contributed by atoms with Gasteiger partial charge in [-0.25, -0.2) is 4.68 Å². The number of alkyl halides is 3. The number of rotatable bonds is 4. The van der Waals surface area contributed by atoms with Gasteiger partial charge in [-0.15, -0.1) is 0 Å². The van der Waals surface area contributed by atoms with Crippen molar-refractivity contribution in [3.63, 3.8) is 0 Å². The van der Waals surface area contributed by atoms with E-state index in [9.17, 15) is 13.2 Å². The van der Waals surface area contributed by atoms with Crippen molar-refractivity contribution >= 4 is 6.20 Å². The van der Waals surface area contributed by atoms with Gasteiger partial charge in [0, 0.05) is 30.5 Å². The third-order valence-electron chi connectivity index (χ3n) is 3.60. The van der Waals surface area contributed by atoms with Crippen LogP contribution in [0.5, 0.6) is 0 Å². The standard InChI is InChI=1S/C13H18F3N3/c1-2-19-9-10(8-18-19)7-17-12-6-4-3-5-11(12)13(14,15)16/h2,8-9,11-12,17H,1,3-7H2. The summed E-state index contributed by atoms with van der Waals surface area (Å²) in [5.74, 6) is -1.23. The molecule has 1 aromatic heterocycles. The van der Waals surface area contributed by atoms with Crippen molar-refractivity contribution in [2.24, 2.45) is 5.92 Å². The normalized spacial score (nSPS) is 24.4. The van der Waals surface area contributed by atoms with Gasteiger partial charge in [-0.05, 0) is 12.8 Å². The maximum Gasteiger partial charge on any atom is 0.393 e. The summed E-state index contributed by atoms with van der Waals surface area (Å²) in [6.45, 7) is 3.98. The Morgan fingerprint density at radius 2 is 2.16 bits per heavy atom. The van der Waals surface area contributed by atoms with Crippen LogP contribution < -0.4 is 5.32 Å². The van der Waals surface area contributed by atoms with E-state index in [2.05, 4.69) is 17.0 Å². The maximum atomic E-state index is 12.9. The van der Waals surface area contributed by atoms with E-state index in [4.69, 9.17) is 0 Å². The van der Waals surface area contributed by atoms with Crippen LogP contribution in [0, 0.1) is 5.92 Å². The molecule has 106 valence electrons. The Hall–Kier alpha value is -1.30. The number of nitrogens with zero attached hydrogens (tertiary/aromatic N) is 2. The molecule has 0 aromatic carbocycles. The second-order valence-corrected chi connectivity index (χ2v) is 4.93. The molecule has 0 amide bonds. The first-order valence-electron chi connectivity index (χ1n) is 6.46. The predicted molar refractivity (Wildman–Crippen MR) is 67.3 cm³/mol. The zero-order valence-corrected chi connectivity index (χ0v) is 10.7. The third kappa shape index (κ3) is 3.59. The molecule has 0 bridgehead atoms. The number of hydrogen-bond acceptors (Lipinski definition) is 2. The van der Waals surface area contributed by atoms with Crippen LogP contribution in [0.4, 0.5) is 13.2 Å². The van der Waals surface area contributed by atoms with Gasteiger partial charge in [-0.2, -0.15) is 18.3 Å². The lowest BCUT2D eigenvalue weighted by molar-refractivity contribution is -0.189. The molecule has 0 aliphatic heterocycles. The van der Waals surface area contributed by atoms with Gasteiger partial charge in [0.25, 0.3) is 0 Å². The average molecular weight is 273 g/mol. The Labute approximate surface area is 110 Å². The molecule has 2 atom stereocenters. The summed E-state index contributed by atoms with van der Waals surface area (Å²) in [5, 5.41) is 7.03. The van der Waals surface area contributed by atoms with Gasteiger partial charge in [0.05, 0.1) is 12.1 Å². The number of halogens is 3. The highest BCUT2D eigenvalue weighted by atomic mass is 19.4. The van der Waals surface area contributed by atoms with Crippen LogP contribution in [0.1, 0.15) is 31.2 Å². The van der Waals surface area contributed by atoms with Gasteiger partial charge in [-0.3, -0.25) is 0 Å². The van der Waals surface area contributed by atoms with Gasteiger partial charge in [0.1, 0.15) is 0 Å². The molecule has 2 rings (SSSR count). The van der Waals surface area contributed by atoms with Gasteiger partial charge in [0.15, 0.2) is 0 Å². The van der Waals surface area contributed by atoms with E-state index >= 15 is 0 Å². The summed E-state index contributed by atoms with van der Waals surface area (Å²) in [5.41, 5.74) is 0.867. The van der Waals surface area contributed by atoms with Crippen LogP contribution >= 0.6 is 0 Å². The summed E-state index contributed by atoms with van der Waals surface area (Å²) in [6, 6.07) is -0.485. The highest BCUT2D eigenvalue weighted by Crippen LogP contribution is 2.37. The summed E-state index contributed by atoms with van der Waals surface area (Å²) in [4.78, 5) is 0. The number of aromatic nitrogens is 2. The lowest BCUT2D eigenvalue weighted by Crippen LogP contribution is -2.45. The molecule has 3 nitrogen and oxygen atoms in total. The molecule has 1 aromatic rings. The second-order valence-electron chi connectivity index (χ2n) is 4.93. The Morgan fingerprint density at radius 3 is 2.79 bits per heavy atom. The van der Waals surface area contributed by atoms with Crippen LogP contribution in [-0.2, 0) is 6.54 Å². The fraction of sp³-hybridized carbons (Fsp3) is 0.615. The fourth-order valence-electron chi connectivity index (χ4n) is 2.58. The highest BCUT2D eigenvalue weighted by Gasteiger charge is 2.45. The number of nitrogens with one attached hydrogen (secondary N) is 1. The summed E-state index contributed by atoms with van der Waals surface area (Å²) < 4.78 is 40.3. The van der Waals surface area contributed by atoms with Crippen LogP contribution in [0.15, 0.2) is 19.0 Å². The van der Waals surface area contributed by atoms with E-state index in [1.165, 1.54) is 0 Å². The minimum Gasteiger partial charge on any atom is -0.309 e. The van der Waals surface area contributed by atoms with Crippen molar-refractivity contribution in [2.75, 3.05) is 0 Å². The molecular formula is C13H18F3N3. The van der Waals surface area contributed by atoms with Crippen molar-refractivity contribution < 1.29 is 13.2 Å². The van der Waals surface area contributed by atoms with Crippen molar-refractivity contribution in [3.8, 4) is 0 Å². The largest absolute Gasteiger partial charge is 0.393 e. The van der Waals surface area contributed by atoms with E-state index in [-0.39, 0.29) is 6.42 Å². The van der Waals surface area contributed by atoms with Gasteiger partial charge in [0.2, 0.25) is 0 Å². The zero-order valence-electron chi connectivity index (χ0n) is 10.7. The first-order chi connectivity index (χ1) is 9.00. The molecule has 1 heterocycles. The van der Waals surface area contributed by atoms with E-state index in [1.807, 2.05) is 0 Å². The van der Waals surface area contributed by atoms with Crippen LogP contribution in [0.25, 0.3) is 6.20 Å². The highest BCUT2D eigenvalue weighted by molar-refractivity contribution is 5.17. The van der Waals surface area contributed by atoms with E-state index in [1.54, 1.807) is 23.3 Å². The predicted octanol–water partition coefficient (Wildman–Crippen LogP) is 3.19. The molecule has 1 aliphatic rings. The molecule has 1 fully saturated rings. The van der Waals surface area contributed by atoms with Gasteiger partial charge >= 0.3 is 6.18 Å². The van der Waals surface area contributed by atoms with Crippen molar-refractivity contribution in [1.82, 2.24) is 15.1 Å². The Balaban J connectivity index is 1.94. The van der Waals surface area contributed by atoms with E-state index in [0.29, 0.717) is 19.4 Å². The first kappa shape index (κ1) is 14.1. The van der Waals surface area contributed by atoms with Gasteiger partial charge < -0.3 is 5.32 Å². The summed E-state index contributed by atoms with van der Waals surface area (Å²) in [6.07, 6.45) is 3.16. The molecular weight excluding hydrogens is 255 g/mol. The second kappa shape index (κ2) is 5.77. The fourth-order valence-corrected chi connectivity index (χ4v) is 2.58.